The van der Waals surface area contributed by atoms with E-state index < -0.39 is 28.6 Å². The van der Waals surface area contributed by atoms with Gasteiger partial charge in [-0.2, -0.15) is 5.10 Å². The molecule has 2 aromatic carbocycles. The van der Waals surface area contributed by atoms with E-state index in [1.54, 1.807) is 25.3 Å². The van der Waals surface area contributed by atoms with Crippen molar-refractivity contribution in [2.45, 2.75) is 24.9 Å². The van der Waals surface area contributed by atoms with Crippen LogP contribution in [0.3, 0.4) is 0 Å². The fraction of sp³-hybridized carbons (Fsp3) is 0.250. The Morgan fingerprint density at radius 3 is 2.45 bits per heavy atom. The molecule has 0 aliphatic rings. The number of aromatic nitrogens is 2. The lowest BCUT2D eigenvalue weighted by atomic mass is 10.1. The lowest BCUT2D eigenvalue weighted by Gasteiger charge is -2.12. The molecule has 0 saturated heterocycles. The summed E-state index contributed by atoms with van der Waals surface area (Å²) in [6, 6.07) is 10.8. The monoisotopic (exact) mass is 422 g/mol. The van der Waals surface area contributed by atoms with Crippen molar-refractivity contribution < 1.29 is 27.0 Å². The van der Waals surface area contributed by atoms with Crippen molar-refractivity contribution in [1.82, 2.24) is 9.78 Å². The highest BCUT2D eigenvalue weighted by atomic mass is 32.2. The molecule has 0 bridgehead atoms. The molecule has 0 radical (unpaired) electrons. The average molecular weight is 422 g/mol. The summed E-state index contributed by atoms with van der Waals surface area (Å²) in [4.78, 5) is -0.0215. The van der Waals surface area contributed by atoms with Gasteiger partial charge in [0.1, 0.15) is 11.4 Å². The Balaban J connectivity index is 2.21. The third kappa shape index (κ3) is 4.15. The van der Waals surface area contributed by atoms with Gasteiger partial charge in [0, 0.05) is 11.8 Å². The van der Waals surface area contributed by atoms with E-state index in [1.807, 2.05) is 6.92 Å². The lowest BCUT2D eigenvalue weighted by molar-refractivity contribution is 0.145. The molecule has 0 amide bonds. The van der Waals surface area contributed by atoms with Gasteiger partial charge in [-0.1, -0.05) is 0 Å². The number of sulfone groups is 1. The SMILES string of the molecule is COc1ccc(-c2cc(C(F)F)nn2-c2ccc(S(C)(=O)=O)c(CO)c2)cc1C. The topological polar surface area (TPSA) is 81.4 Å². The Morgan fingerprint density at radius 1 is 1.17 bits per heavy atom. The molecule has 0 unspecified atom stereocenters. The predicted molar refractivity (Wildman–Crippen MR) is 104 cm³/mol. The fourth-order valence-corrected chi connectivity index (χ4v) is 4.04. The Kier molecular flexibility index (Phi) is 5.72. The molecule has 9 heteroatoms. The number of hydrogen-bond donors (Lipinski definition) is 1. The van der Waals surface area contributed by atoms with Crippen LogP contribution in [-0.4, -0.2) is 36.7 Å². The largest absolute Gasteiger partial charge is 0.496 e. The van der Waals surface area contributed by atoms with Crippen LogP contribution in [0.15, 0.2) is 47.4 Å². The number of aliphatic hydroxyl groups excluding tert-OH is 1. The van der Waals surface area contributed by atoms with E-state index in [1.165, 1.54) is 28.9 Å². The van der Waals surface area contributed by atoms with Crippen molar-refractivity contribution in [3.63, 3.8) is 0 Å². The summed E-state index contributed by atoms with van der Waals surface area (Å²) in [5.74, 6) is 0.661. The van der Waals surface area contributed by atoms with E-state index >= 15 is 0 Å². The molecule has 154 valence electrons. The first-order chi connectivity index (χ1) is 13.7. The van der Waals surface area contributed by atoms with E-state index in [0.29, 0.717) is 22.7 Å². The number of methoxy groups -OCH3 is 1. The lowest BCUT2D eigenvalue weighted by Crippen LogP contribution is -2.06. The van der Waals surface area contributed by atoms with E-state index in [0.717, 1.165) is 11.8 Å². The van der Waals surface area contributed by atoms with Crippen molar-refractivity contribution in [2.75, 3.05) is 13.4 Å². The van der Waals surface area contributed by atoms with Crippen LogP contribution in [0.2, 0.25) is 0 Å². The number of aryl methyl sites for hydroxylation is 1. The summed E-state index contributed by atoms with van der Waals surface area (Å²) in [5, 5.41) is 13.6. The number of hydrogen-bond acceptors (Lipinski definition) is 5. The van der Waals surface area contributed by atoms with Crippen molar-refractivity contribution in [3.8, 4) is 22.7 Å². The first-order valence-electron chi connectivity index (χ1n) is 8.63. The molecule has 0 aliphatic carbocycles. The average Bonchev–Trinajstić information content (AvgIpc) is 3.12. The van der Waals surface area contributed by atoms with Gasteiger partial charge in [0.2, 0.25) is 0 Å². The number of aliphatic hydroxyl groups is 1. The maximum absolute atomic E-state index is 13.3. The maximum atomic E-state index is 13.3. The van der Waals surface area contributed by atoms with Crippen LogP contribution in [0.5, 0.6) is 5.75 Å². The number of alkyl halides is 2. The smallest absolute Gasteiger partial charge is 0.282 e. The van der Waals surface area contributed by atoms with Gasteiger partial charge in [0.25, 0.3) is 6.43 Å². The summed E-state index contributed by atoms with van der Waals surface area (Å²) < 4.78 is 57.0. The van der Waals surface area contributed by atoms with Crippen molar-refractivity contribution in [3.05, 3.63) is 59.3 Å². The maximum Gasteiger partial charge on any atom is 0.282 e. The highest BCUT2D eigenvalue weighted by molar-refractivity contribution is 7.90. The molecule has 29 heavy (non-hydrogen) atoms. The van der Waals surface area contributed by atoms with Crippen molar-refractivity contribution in [2.24, 2.45) is 0 Å². The minimum Gasteiger partial charge on any atom is -0.496 e. The molecular formula is C20H20F2N2O4S. The molecule has 6 nitrogen and oxygen atoms in total. The molecule has 0 saturated carbocycles. The second-order valence-electron chi connectivity index (χ2n) is 6.57. The fourth-order valence-electron chi connectivity index (χ4n) is 3.13. The van der Waals surface area contributed by atoms with Gasteiger partial charge in [0.05, 0.1) is 30.0 Å². The van der Waals surface area contributed by atoms with E-state index in [2.05, 4.69) is 5.10 Å². The summed E-state index contributed by atoms with van der Waals surface area (Å²) in [6.07, 6.45) is -1.74. The molecule has 0 atom stereocenters. The van der Waals surface area contributed by atoms with E-state index in [-0.39, 0.29) is 10.5 Å². The highest BCUT2D eigenvalue weighted by Gasteiger charge is 2.20. The van der Waals surface area contributed by atoms with Gasteiger partial charge >= 0.3 is 0 Å². The molecule has 1 heterocycles. The Hall–Kier alpha value is -2.78. The minimum absolute atomic E-state index is 0.0215. The van der Waals surface area contributed by atoms with Gasteiger partial charge < -0.3 is 9.84 Å². The number of benzene rings is 2. The zero-order chi connectivity index (χ0) is 21.3. The van der Waals surface area contributed by atoms with Gasteiger partial charge in [-0.15, -0.1) is 0 Å². The second kappa shape index (κ2) is 7.92. The zero-order valence-corrected chi connectivity index (χ0v) is 16.9. The molecule has 0 fully saturated rings. The minimum atomic E-state index is -3.55. The number of ether oxygens (including phenoxy) is 1. The molecular weight excluding hydrogens is 402 g/mol. The van der Waals surface area contributed by atoms with Gasteiger partial charge in [-0.05, 0) is 60.5 Å². The quantitative estimate of drug-likeness (QED) is 0.655. The Bertz CT molecular complexity index is 1160. The number of nitrogens with zero attached hydrogens (tertiary/aromatic N) is 2. The third-order valence-corrected chi connectivity index (χ3v) is 5.70. The Labute approximate surface area is 167 Å². The van der Waals surface area contributed by atoms with Crippen molar-refractivity contribution in [1.29, 1.82) is 0 Å². The van der Waals surface area contributed by atoms with E-state index in [4.69, 9.17) is 4.74 Å². The zero-order valence-electron chi connectivity index (χ0n) is 16.1. The van der Waals surface area contributed by atoms with Gasteiger partial charge in [-0.25, -0.2) is 21.9 Å². The van der Waals surface area contributed by atoms with Crippen LogP contribution >= 0.6 is 0 Å². The molecule has 0 aliphatic heterocycles. The van der Waals surface area contributed by atoms with Crippen LogP contribution in [0.4, 0.5) is 8.78 Å². The van der Waals surface area contributed by atoms with Crippen LogP contribution in [0.1, 0.15) is 23.2 Å². The van der Waals surface area contributed by atoms with Crippen LogP contribution in [-0.2, 0) is 16.4 Å². The van der Waals surface area contributed by atoms with Crippen molar-refractivity contribution >= 4 is 9.84 Å². The normalized spacial score (nSPS) is 11.8. The summed E-state index contributed by atoms with van der Waals surface area (Å²) >= 11 is 0. The highest BCUT2D eigenvalue weighted by Crippen LogP contribution is 2.32. The van der Waals surface area contributed by atoms with Gasteiger partial charge in [-0.3, -0.25) is 0 Å². The third-order valence-electron chi connectivity index (χ3n) is 4.50. The van der Waals surface area contributed by atoms with Crippen LogP contribution < -0.4 is 4.74 Å². The van der Waals surface area contributed by atoms with Gasteiger partial charge in [0.15, 0.2) is 9.84 Å². The standard InChI is InChI=1S/C20H20F2N2O4S/c1-12-8-13(4-6-18(12)28-2)17-10-16(20(21)22)23-24(17)15-5-7-19(29(3,26)27)14(9-15)11-25/h4-10,20,25H,11H2,1-3H3. The first kappa shape index (κ1) is 20.9. The first-order valence-corrected chi connectivity index (χ1v) is 10.5. The van der Waals surface area contributed by atoms with Crippen LogP contribution in [0.25, 0.3) is 16.9 Å². The predicted octanol–water partition coefficient (Wildman–Crippen LogP) is 3.69. The molecule has 0 spiro atoms. The summed E-state index contributed by atoms with van der Waals surface area (Å²) in [5.41, 5.74) is 1.97. The van der Waals surface area contributed by atoms with Crippen LogP contribution in [0, 0.1) is 6.92 Å². The summed E-state index contributed by atoms with van der Waals surface area (Å²) in [7, 11) is -2.01. The molecule has 3 rings (SSSR count). The molecule has 1 N–H and O–H groups in total. The molecule has 1 aromatic heterocycles. The Morgan fingerprint density at radius 2 is 1.90 bits per heavy atom. The number of rotatable bonds is 6. The number of halogens is 2. The summed E-state index contributed by atoms with van der Waals surface area (Å²) in [6.45, 7) is 1.32. The van der Waals surface area contributed by atoms with E-state index in [9.17, 15) is 22.3 Å². The second-order valence-corrected chi connectivity index (χ2v) is 8.56. The molecule has 3 aromatic rings.